The van der Waals surface area contributed by atoms with E-state index in [1.54, 1.807) is 0 Å². The topological polar surface area (TPSA) is 70.9 Å². The quantitative estimate of drug-likeness (QED) is 0.644. The van der Waals surface area contributed by atoms with Crippen LogP contribution in [0.3, 0.4) is 0 Å². The molecule has 0 radical (unpaired) electrons. The van der Waals surface area contributed by atoms with Crippen LogP contribution in [0.25, 0.3) is 10.9 Å². The van der Waals surface area contributed by atoms with Crippen molar-refractivity contribution in [3.63, 3.8) is 0 Å². The average molecular weight is 279 g/mol. The number of anilines is 1. The predicted molar refractivity (Wildman–Crippen MR) is 85.0 cm³/mol. The number of carbonyl (C=O) groups is 1. The van der Waals surface area contributed by atoms with Gasteiger partial charge in [0, 0.05) is 16.6 Å². The molecule has 3 aromatic rings. The molecule has 1 atom stereocenters. The lowest BCUT2D eigenvalue weighted by atomic mass is 10.1. The number of nitrogens with two attached hydrogens (primary N) is 1. The van der Waals surface area contributed by atoms with E-state index in [2.05, 4.69) is 10.3 Å². The Morgan fingerprint density at radius 3 is 2.67 bits per heavy atom. The van der Waals surface area contributed by atoms with Gasteiger partial charge in [0.15, 0.2) is 0 Å². The summed E-state index contributed by atoms with van der Waals surface area (Å²) >= 11 is 0. The van der Waals surface area contributed by atoms with Crippen molar-refractivity contribution < 1.29 is 4.79 Å². The predicted octanol–water partition coefficient (Wildman–Crippen LogP) is 3.24. The molecule has 4 heteroatoms. The third-order valence-electron chi connectivity index (χ3n) is 3.54. The minimum absolute atomic E-state index is 0.0461. The van der Waals surface area contributed by atoms with Crippen LogP contribution in [0.1, 0.15) is 29.0 Å². The van der Waals surface area contributed by atoms with Crippen molar-refractivity contribution in [1.29, 1.82) is 0 Å². The number of hydrogen-bond donors (Lipinski definition) is 3. The molecule has 0 fully saturated rings. The summed E-state index contributed by atoms with van der Waals surface area (Å²) < 4.78 is 0. The molecule has 0 unspecified atom stereocenters. The molecule has 4 nitrogen and oxygen atoms in total. The molecule has 106 valence electrons. The summed E-state index contributed by atoms with van der Waals surface area (Å²) in [6.45, 7) is 1.97. The van der Waals surface area contributed by atoms with Crippen molar-refractivity contribution in [3.8, 4) is 0 Å². The minimum Gasteiger partial charge on any atom is -0.399 e. The Labute approximate surface area is 123 Å². The lowest BCUT2D eigenvalue weighted by Crippen LogP contribution is -2.26. The van der Waals surface area contributed by atoms with Crippen molar-refractivity contribution in [2.24, 2.45) is 0 Å². The van der Waals surface area contributed by atoms with E-state index in [0.717, 1.165) is 16.5 Å². The lowest BCUT2D eigenvalue weighted by molar-refractivity contribution is 0.0935. The Kier molecular flexibility index (Phi) is 3.36. The molecule has 1 heterocycles. The van der Waals surface area contributed by atoms with E-state index in [9.17, 15) is 4.79 Å². The van der Waals surface area contributed by atoms with Crippen molar-refractivity contribution in [2.45, 2.75) is 13.0 Å². The van der Waals surface area contributed by atoms with Crippen LogP contribution in [0.2, 0.25) is 0 Å². The van der Waals surface area contributed by atoms with E-state index in [1.165, 1.54) is 0 Å². The largest absolute Gasteiger partial charge is 0.399 e. The standard InChI is InChI=1S/C17H17N3O/c1-11(12-5-3-2-4-6-12)19-17(21)16-10-13-9-14(18)7-8-15(13)20-16/h2-11,20H,18H2,1H3,(H,19,21)/t11-/m1/s1. The second kappa shape index (κ2) is 5.32. The minimum atomic E-state index is -0.124. The summed E-state index contributed by atoms with van der Waals surface area (Å²) in [5, 5.41) is 3.92. The summed E-state index contributed by atoms with van der Waals surface area (Å²) in [5.74, 6) is -0.124. The fourth-order valence-corrected chi connectivity index (χ4v) is 2.37. The van der Waals surface area contributed by atoms with E-state index in [0.29, 0.717) is 11.4 Å². The molecule has 1 aromatic heterocycles. The molecule has 2 aromatic carbocycles. The fourth-order valence-electron chi connectivity index (χ4n) is 2.37. The lowest BCUT2D eigenvalue weighted by Gasteiger charge is -2.13. The SMILES string of the molecule is C[C@@H](NC(=O)c1cc2cc(N)ccc2[nH]1)c1ccccc1. The zero-order chi connectivity index (χ0) is 14.8. The summed E-state index contributed by atoms with van der Waals surface area (Å²) in [7, 11) is 0. The van der Waals surface area contributed by atoms with Gasteiger partial charge in [-0.05, 0) is 36.8 Å². The van der Waals surface area contributed by atoms with Gasteiger partial charge in [-0.3, -0.25) is 4.79 Å². The average Bonchev–Trinajstić information content (AvgIpc) is 2.91. The Balaban J connectivity index is 1.80. The van der Waals surface area contributed by atoms with E-state index in [-0.39, 0.29) is 11.9 Å². The molecule has 3 rings (SSSR count). The van der Waals surface area contributed by atoms with Gasteiger partial charge in [-0.25, -0.2) is 0 Å². The number of H-pyrrole nitrogens is 1. The summed E-state index contributed by atoms with van der Waals surface area (Å²) in [4.78, 5) is 15.4. The second-order valence-electron chi connectivity index (χ2n) is 5.14. The Morgan fingerprint density at radius 1 is 1.14 bits per heavy atom. The van der Waals surface area contributed by atoms with Gasteiger partial charge in [0.25, 0.3) is 5.91 Å². The van der Waals surface area contributed by atoms with Gasteiger partial charge in [-0.15, -0.1) is 0 Å². The second-order valence-corrected chi connectivity index (χ2v) is 5.14. The maximum atomic E-state index is 12.3. The Morgan fingerprint density at radius 2 is 1.90 bits per heavy atom. The zero-order valence-electron chi connectivity index (χ0n) is 11.8. The molecule has 0 bridgehead atoms. The van der Waals surface area contributed by atoms with Gasteiger partial charge < -0.3 is 16.0 Å². The van der Waals surface area contributed by atoms with Gasteiger partial charge in [0.05, 0.1) is 6.04 Å². The summed E-state index contributed by atoms with van der Waals surface area (Å²) in [5.41, 5.74) is 8.96. The third-order valence-corrected chi connectivity index (χ3v) is 3.54. The van der Waals surface area contributed by atoms with Gasteiger partial charge in [0.2, 0.25) is 0 Å². The monoisotopic (exact) mass is 279 g/mol. The van der Waals surface area contributed by atoms with E-state index in [1.807, 2.05) is 61.5 Å². The molecule has 1 amide bonds. The van der Waals surface area contributed by atoms with E-state index >= 15 is 0 Å². The highest BCUT2D eigenvalue weighted by Crippen LogP contribution is 2.19. The number of aromatic amines is 1. The zero-order valence-corrected chi connectivity index (χ0v) is 11.8. The first-order chi connectivity index (χ1) is 10.1. The number of rotatable bonds is 3. The molecule has 0 saturated carbocycles. The van der Waals surface area contributed by atoms with Crippen LogP contribution in [0.5, 0.6) is 0 Å². The number of fused-ring (bicyclic) bond motifs is 1. The van der Waals surface area contributed by atoms with E-state index in [4.69, 9.17) is 5.73 Å². The number of nitrogens with one attached hydrogen (secondary N) is 2. The highest BCUT2D eigenvalue weighted by molar-refractivity contribution is 5.98. The Bertz CT molecular complexity index is 777. The number of carbonyl (C=O) groups excluding carboxylic acids is 1. The van der Waals surface area contributed by atoms with Crippen LogP contribution in [0.4, 0.5) is 5.69 Å². The van der Waals surface area contributed by atoms with Crippen LogP contribution in [-0.4, -0.2) is 10.9 Å². The van der Waals surface area contributed by atoms with Crippen LogP contribution in [0.15, 0.2) is 54.6 Å². The van der Waals surface area contributed by atoms with Crippen LogP contribution >= 0.6 is 0 Å². The highest BCUT2D eigenvalue weighted by Gasteiger charge is 2.13. The first kappa shape index (κ1) is 13.2. The summed E-state index contributed by atoms with van der Waals surface area (Å²) in [6, 6.07) is 17.2. The fraction of sp³-hybridized carbons (Fsp3) is 0.118. The van der Waals surface area contributed by atoms with E-state index < -0.39 is 0 Å². The van der Waals surface area contributed by atoms with Crippen molar-refractivity contribution in [3.05, 3.63) is 65.9 Å². The normalized spacial score (nSPS) is 12.2. The Hall–Kier alpha value is -2.75. The first-order valence-corrected chi connectivity index (χ1v) is 6.87. The van der Waals surface area contributed by atoms with Crippen LogP contribution in [-0.2, 0) is 0 Å². The molecule has 21 heavy (non-hydrogen) atoms. The number of aromatic nitrogens is 1. The van der Waals surface area contributed by atoms with Crippen molar-refractivity contribution in [2.75, 3.05) is 5.73 Å². The number of benzene rings is 2. The summed E-state index contributed by atoms with van der Waals surface area (Å²) in [6.07, 6.45) is 0. The molecule has 0 aliphatic heterocycles. The van der Waals surface area contributed by atoms with Gasteiger partial charge in [-0.1, -0.05) is 30.3 Å². The number of amides is 1. The first-order valence-electron chi connectivity index (χ1n) is 6.87. The number of hydrogen-bond acceptors (Lipinski definition) is 2. The number of nitrogen functional groups attached to an aromatic ring is 1. The molecule has 0 aliphatic rings. The van der Waals surface area contributed by atoms with Crippen molar-refractivity contribution in [1.82, 2.24) is 10.3 Å². The maximum Gasteiger partial charge on any atom is 0.268 e. The van der Waals surface area contributed by atoms with Crippen LogP contribution in [0, 0.1) is 0 Å². The third kappa shape index (κ3) is 2.74. The van der Waals surface area contributed by atoms with Gasteiger partial charge in [0.1, 0.15) is 5.69 Å². The molecule has 4 N–H and O–H groups in total. The molecular weight excluding hydrogens is 262 g/mol. The molecule has 0 aliphatic carbocycles. The maximum absolute atomic E-state index is 12.3. The molecular formula is C17H17N3O. The molecule has 0 spiro atoms. The smallest absolute Gasteiger partial charge is 0.268 e. The van der Waals surface area contributed by atoms with Gasteiger partial charge >= 0.3 is 0 Å². The highest BCUT2D eigenvalue weighted by atomic mass is 16.1. The van der Waals surface area contributed by atoms with Crippen molar-refractivity contribution >= 4 is 22.5 Å². The van der Waals surface area contributed by atoms with Crippen LogP contribution < -0.4 is 11.1 Å². The van der Waals surface area contributed by atoms with Gasteiger partial charge in [-0.2, -0.15) is 0 Å². The molecule has 0 saturated heterocycles.